The number of rotatable bonds is 6. The average Bonchev–Trinajstić information content (AvgIpc) is 3.22. The maximum Gasteiger partial charge on any atom is 0.282 e. The van der Waals surface area contributed by atoms with Gasteiger partial charge in [-0.3, -0.25) is 0 Å². The maximum atomic E-state index is 12.9. The van der Waals surface area contributed by atoms with Gasteiger partial charge in [-0.15, -0.1) is 0 Å². The second-order valence-corrected chi connectivity index (χ2v) is 7.93. The Morgan fingerprint density at radius 2 is 2.26 bits per heavy atom. The Kier molecular flexibility index (Phi) is 4.56. The van der Waals surface area contributed by atoms with E-state index in [4.69, 9.17) is 4.42 Å². The van der Waals surface area contributed by atoms with Crippen molar-refractivity contribution in [3.05, 3.63) is 42.4 Å². The van der Waals surface area contributed by atoms with E-state index in [1.54, 1.807) is 23.9 Å². The zero-order valence-corrected chi connectivity index (χ0v) is 14.2. The van der Waals surface area contributed by atoms with Crippen LogP contribution in [0.15, 0.2) is 35.3 Å². The number of furan rings is 1. The van der Waals surface area contributed by atoms with Crippen molar-refractivity contribution in [2.24, 2.45) is 0 Å². The van der Waals surface area contributed by atoms with Crippen molar-refractivity contribution in [2.45, 2.75) is 38.9 Å². The Balaban J connectivity index is 1.72. The van der Waals surface area contributed by atoms with Gasteiger partial charge in [0.25, 0.3) is 10.2 Å². The Hall–Kier alpha value is -1.64. The summed E-state index contributed by atoms with van der Waals surface area (Å²) in [6.45, 7) is 3.28. The third-order valence-corrected chi connectivity index (χ3v) is 6.16. The van der Waals surface area contributed by atoms with Crippen molar-refractivity contribution >= 4 is 10.2 Å². The Morgan fingerprint density at radius 1 is 1.43 bits per heavy atom. The third kappa shape index (κ3) is 3.49. The minimum Gasteiger partial charge on any atom is -0.465 e. The first-order chi connectivity index (χ1) is 11.0. The Morgan fingerprint density at radius 3 is 2.91 bits per heavy atom. The number of aryl methyl sites for hydroxylation is 1. The summed E-state index contributed by atoms with van der Waals surface area (Å²) < 4.78 is 36.1. The van der Waals surface area contributed by atoms with Gasteiger partial charge in [0.05, 0.1) is 12.9 Å². The molecule has 0 N–H and O–H groups in total. The topological polar surface area (TPSA) is 71.6 Å². The first kappa shape index (κ1) is 16.2. The van der Waals surface area contributed by atoms with Crippen molar-refractivity contribution in [1.29, 1.82) is 0 Å². The summed E-state index contributed by atoms with van der Waals surface area (Å²) in [6, 6.07) is 3.62. The second-order valence-electron chi connectivity index (χ2n) is 5.94. The van der Waals surface area contributed by atoms with Crippen molar-refractivity contribution in [3.8, 4) is 0 Å². The van der Waals surface area contributed by atoms with Crippen LogP contribution in [0.5, 0.6) is 0 Å². The Labute approximate surface area is 136 Å². The van der Waals surface area contributed by atoms with Crippen LogP contribution >= 0.6 is 0 Å². The minimum absolute atomic E-state index is 0.0324. The van der Waals surface area contributed by atoms with E-state index in [9.17, 15) is 8.42 Å². The highest BCUT2D eigenvalue weighted by molar-refractivity contribution is 7.86. The zero-order chi connectivity index (χ0) is 16.4. The first-order valence-electron chi connectivity index (χ1n) is 7.71. The van der Waals surface area contributed by atoms with Crippen molar-refractivity contribution in [1.82, 2.24) is 18.2 Å². The van der Waals surface area contributed by atoms with Crippen LogP contribution in [-0.2, 0) is 23.3 Å². The summed E-state index contributed by atoms with van der Waals surface area (Å²) in [4.78, 5) is 4.02. The molecule has 3 heterocycles. The van der Waals surface area contributed by atoms with Crippen molar-refractivity contribution < 1.29 is 12.8 Å². The molecule has 23 heavy (non-hydrogen) atoms. The second kappa shape index (κ2) is 6.46. The third-order valence-electron chi connectivity index (χ3n) is 4.17. The highest BCUT2D eigenvalue weighted by Gasteiger charge is 2.37. The van der Waals surface area contributed by atoms with E-state index < -0.39 is 10.2 Å². The molecule has 2 aromatic rings. The van der Waals surface area contributed by atoms with Crippen LogP contribution in [0, 0.1) is 6.92 Å². The number of hydrogen-bond donors (Lipinski definition) is 0. The molecule has 0 amide bonds. The molecular weight excluding hydrogens is 316 g/mol. The van der Waals surface area contributed by atoms with E-state index in [-0.39, 0.29) is 12.6 Å². The highest BCUT2D eigenvalue weighted by atomic mass is 32.2. The number of hydrogen-bond acceptors (Lipinski definition) is 4. The van der Waals surface area contributed by atoms with Gasteiger partial charge >= 0.3 is 0 Å². The average molecular weight is 338 g/mol. The quantitative estimate of drug-likeness (QED) is 0.802. The lowest BCUT2D eigenvalue weighted by molar-refractivity contribution is 0.309. The summed E-state index contributed by atoms with van der Waals surface area (Å²) in [7, 11) is -1.91. The fourth-order valence-corrected chi connectivity index (χ4v) is 4.54. The maximum absolute atomic E-state index is 12.9. The van der Waals surface area contributed by atoms with Gasteiger partial charge < -0.3 is 8.98 Å². The lowest BCUT2D eigenvalue weighted by atomic mass is 10.2. The van der Waals surface area contributed by atoms with E-state index >= 15 is 0 Å². The summed E-state index contributed by atoms with van der Waals surface area (Å²) in [5.41, 5.74) is 0. The molecule has 1 atom stereocenters. The molecule has 0 aromatic carbocycles. The van der Waals surface area contributed by atoms with Crippen LogP contribution in [0.25, 0.3) is 0 Å². The van der Waals surface area contributed by atoms with Gasteiger partial charge in [-0.1, -0.05) is 0 Å². The summed E-state index contributed by atoms with van der Waals surface area (Å²) >= 11 is 0. The molecule has 1 unspecified atom stereocenters. The molecule has 8 heteroatoms. The number of imidazole rings is 1. The zero-order valence-electron chi connectivity index (χ0n) is 13.4. The molecule has 2 aromatic heterocycles. The van der Waals surface area contributed by atoms with Crippen LogP contribution in [0.1, 0.15) is 24.4 Å². The number of aromatic nitrogens is 2. The number of nitrogens with zero attached hydrogens (tertiary/aromatic N) is 4. The van der Waals surface area contributed by atoms with Crippen LogP contribution in [-0.4, -0.2) is 46.2 Å². The van der Waals surface area contributed by atoms with E-state index in [0.29, 0.717) is 18.8 Å². The minimum atomic E-state index is -3.51. The molecule has 3 rings (SSSR count). The molecule has 7 nitrogen and oxygen atoms in total. The van der Waals surface area contributed by atoms with Gasteiger partial charge in [-0.25, -0.2) is 4.98 Å². The van der Waals surface area contributed by atoms with Crippen LogP contribution in [0.2, 0.25) is 0 Å². The molecule has 126 valence electrons. The monoisotopic (exact) mass is 338 g/mol. The molecule has 1 fully saturated rings. The van der Waals surface area contributed by atoms with E-state index in [0.717, 1.165) is 18.6 Å². The lowest BCUT2D eigenvalue weighted by Crippen LogP contribution is -2.45. The lowest BCUT2D eigenvalue weighted by Gasteiger charge is -2.28. The standard InChI is InChI=1S/C15H22N4O3S/c1-13-5-6-15(22-13)11-17(2)23(20,21)19-8-3-4-14(19)10-18-9-7-16-12-18/h5-7,9,12,14H,3-4,8,10-11H2,1-2H3. The predicted molar refractivity (Wildman–Crippen MR) is 85.8 cm³/mol. The fraction of sp³-hybridized carbons (Fsp3) is 0.533. The van der Waals surface area contributed by atoms with Crippen LogP contribution in [0.4, 0.5) is 0 Å². The van der Waals surface area contributed by atoms with Gasteiger partial charge in [0, 0.05) is 38.6 Å². The normalized spacial score (nSPS) is 19.7. The molecular formula is C15H22N4O3S. The summed E-state index contributed by atoms with van der Waals surface area (Å²) in [6.07, 6.45) is 7.04. The summed E-state index contributed by atoms with van der Waals surface area (Å²) in [5.74, 6) is 1.43. The molecule has 1 saturated heterocycles. The highest BCUT2D eigenvalue weighted by Crippen LogP contribution is 2.25. The fourth-order valence-electron chi connectivity index (χ4n) is 2.98. The predicted octanol–water partition coefficient (Wildman–Crippen LogP) is 1.63. The summed E-state index contributed by atoms with van der Waals surface area (Å²) in [5, 5.41) is 0. The van der Waals surface area contributed by atoms with E-state index in [1.165, 1.54) is 4.31 Å². The molecule has 1 aliphatic heterocycles. The Bertz CT molecular complexity index is 739. The van der Waals surface area contributed by atoms with Crippen molar-refractivity contribution in [2.75, 3.05) is 13.6 Å². The van der Waals surface area contributed by atoms with Crippen LogP contribution in [0.3, 0.4) is 0 Å². The first-order valence-corrected chi connectivity index (χ1v) is 9.10. The van der Waals surface area contributed by atoms with Gasteiger partial charge in [0.15, 0.2) is 0 Å². The van der Waals surface area contributed by atoms with Crippen molar-refractivity contribution in [3.63, 3.8) is 0 Å². The van der Waals surface area contributed by atoms with E-state index in [1.807, 2.05) is 29.8 Å². The molecule has 0 aliphatic carbocycles. The molecule has 0 saturated carbocycles. The molecule has 0 radical (unpaired) electrons. The van der Waals surface area contributed by atoms with Gasteiger partial charge in [0.1, 0.15) is 11.5 Å². The largest absolute Gasteiger partial charge is 0.465 e. The molecule has 1 aliphatic rings. The van der Waals surface area contributed by atoms with E-state index in [2.05, 4.69) is 4.98 Å². The SMILES string of the molecule is Cc1ccc(CN(C)S(=O)(=O)N2CCCC2Cn2ccnc2)o1. The van der Waals surface area contributed by atoms with Gasteiger partial charge in [0.2, 0.25) is 0 Å². The molecule has 0 bridgehead atoms. The van der Waals surface area contributed by atoms with Gasteiger partial charge in [-0.2, -0.15) is 17.0 Å². The van der Waals surface area contributed by atoms with Gasteiger partial charge in [-0.05, 0) is 31.9 Å². The molecule has 0 spiro atoms. The smallest absolute Gasteiger partial charge is 0.282 e. The van der Waals surface area contributed by atoms with Crippen LogP contribution < -0.4 is 0 Å².